The van der Waals surface area contributed by atoms with Gasteiger partial charge in [0, 0.05) is 21.7 Å². The molecule has 0 aliphatic carbocycles. The van der Waals surface area contributed by atoms with Gasteiger partial charge in [0.1, 0.15) is 6.04 Å². The minimum atomic E-state index is -0.861. The normalized spacial score (nSPS) is 12.7. The molecule has 0 bridgehead atoms. The van der Waals surface area contributed by atoms with Gasteiger partial charge in [-0.05, 0) is 24.6 Å². The molecule has 5 heteroatoms. The van der Waals surface area contributed by atoms with Gasteiger partial charge in [0.25, 0.3) is 0 Å². The molecule has 1 unspecified atom stereocenters. The highest BCUT2D eigenvalue weighted by Gasteiger charge is 2.13. The van der Waals surface area contributed by atoms with Crippen LogP contribution in [0.25, 0.3) is 0 Å². The number of carboxylic acids is 1. The molecule has 0 radical (unpaired) electrons. The lowest BCUT2D eigenvalue weighted by atomic mass is 10.2. The molecule has 0 saturated heterocycles. The molecular weight excluding hydrogens is 270 g/mol. The second kappa shape index (κ2) is 7.02. The van der Waals surface area contributed by atoms with Gasteiger partial charge in [-0.1, -0.05) is 31.5 Å². The Kier molecular flexibility index (Phi) is 5.99. The molecule has 1 aromatic carbocycles. The van der Waals surface area contributed by atoms with Crippen LogP contribution in [0, 0.1) is 0 Å². The zero-order chi connectivity index (χ0) is 13.7. The van der Waals surface area contributed by atoms with Gasteiger partial charge in [0.05, 0.1) is 0 Å². The topological polar surface area (TPSA) is 49.3 Å². The van der Waals surface area contributed by atoms with E-state index in [0.29, 0.717) is 16.8 Å². The Morgan fingerprint density at radius 1 is 1.44 bits per heavy atom. The Bertz CT molecular complexity index is 423. The van der Waals surface area contributed by atoms with E-state index in [9.17, 15) is 4.79 Å². The quantitative estimate of drug-likeness (QED) is 0.787. The number of carbonyl (C=O) groups is 1. The highest BCUT2D eigenvalue weighted by atomic mass is 35.5. The molecule has 0 aliphatic heterocycles. The number of benzene rings is 1. The number of carboxylic acid groups (broad SMARTS) is 1. The zero-order valence-corrected chi connectivity index (χ0v) is 12.3. The molecule has 1 rings (SSSR count). The van der Waals surface area contributed by atoms with Gasteiger partial charge in [0.2, 0.25) is 0 Å². The Hall–Kier alpha value is -0.710. The molecule has 3 nitrogen and oxygen atoms in total. The molecule has 0 saturated carbocycles. The van der Waals surface area contributed by atoms with Crippen molar-refractivity contribution in [3.8, 4) is 0 Å². The Balaban J connectivity index is 2.82. The predicted octanol–water partition coefficient (Wildman–Crippen LogP) is 3.40. The summed E-state index contributed by atoms with van der Waals surface area (Å²) in [6, 6.07) is 5.17. The number of nitrogens with one attached hydrogen (secondary N) is 1. The van der Waals surface area contributed by atoms with Crippen LogP contribution in [-0.4, -0.2) is 22.4 Å². The number of rotatable bonds is 6. The summed E-state index contributed by atoms with van der Waals surface area (Å²) in [7, 11) is 0. The van der Waals surface area contributed by atoms with E-state index in [1.54, 1.807) is 18.7 Å². The minimum Gasteiger partial charge on any atom is -0.480 e. The van der Waals surface area contributed by atoms with Crippen molar-refractivity contribution >= 4 is 29.3 Å². The van der Waals surface area contributed by atoms with Crippen molar-refractivity contribution in [1.29, 1.82) is 0 Å². The molecule has 18 heavy (non-hydrogen) atoms. The van der Waals surface area contributed by atoms with Crippen LogP contribution in [0.3, 0.4) is 0 Å². The first kappa shape index (κ1) is 15.3. The van der Waals surface area contributed by atoms with Crippen LogP contribution >= 0.6 is 23.4 Å². The molecular formula is C13H18ClNO2S. The van der Waals surface area contributed by atoms with Crippen molar-refractivity contribution in [2.45, 2.75) is 43.5 Å². The smallest absolute Gasteiger partial charge is 0.320 e. The molecule has 0 aliphatic rings. The third-order valence-corrected chi connectivity index (χ3v) is 3.86. The maximum Gasteiger partial charge on any atom is 0.320 e. The van der Waals surface area contributed by atoms with E-state index in [1.807, 2.05) is 18.2 Å². The highest BCUT2D eigenvalue weighted by Crippen LogP contribution is 2.31. The molecule has 1 atom stereocenters. The summed E-state index contributed by atoms with van der Waals surface area (Å²) in [5, 5.41) is 12.9. The first-order chi connectivity index (χ1) is 8.41. The van der Waals surface area contributed by atoms with Crippen molar-refractivity contribution in [1.82, 2.24) is 5.32 Å². The molecule has 0 heterocycles. The Labute approximate surface area is 117 Å². The van der Waals surface area contributed by atoms with Crippen LogP contribution in [0.15, 0.2) is 23.1 Å². The average Bonchev–Trinajstić information content (AvgIpc) is 2.27. The molecule has 100 valence electrons. The van der Waals surface area contributed by atoms with Crippen LogP contribution in [0.4, 0.5) is 0 Å². The maximum atomic E-state index is 10.8. The molecule has 1 aromatic rings. The van der Waals surface area contributed by atoms with Gasteiger partial charge in [-0.2, -0.15) is 0 Å². The number of hydrogen-bond acceptors (Lipinski definition) is 3. The van der Waals surface area contributed by atoms with Crippen molar-refractivity contribution in [2.75, 3.05) is 0 Å². The van der Waals surface area contributed by atoms with Crippen molar-refractivity contribution < 1.29 is 9.90 Å². The second-order valence-electron chi connectivity index (χ2n) is 4.32. The van der Waals surface area contributed by atoms with Gasteiger partial charge in [-0.25, -0.2) is 0 Å². The summed E-state index contributed by atoms with van der Waals surface area (Å²) in [5.74, 6) is -0.861. The van der Waals surface area contributed by atoms with E-state index in [4.69, 9.17) is 16.7 Å². The summed E-state index contributed by atoms with van der Waals surface area (Å²) >= 11 is 7.90. The number of hydrogen-bond donors (Lipinski definition) is 2. The molecule has 0 aromatic heterocycles. The third kappa shape index (κ3) is 4.52. The lowest BCUT2D eigenvalue weighted by Gasteiger charge is -2.15. The second-order valence-corrected chi connectivity index (χ2v) is 6.35. The van der Waals surface area contributed by atoms with E-state index >= 15 is 0 Å². The lowest BCUT2D eigenvalue weighted by molar-refractivity contribution is -0.139. The lowest BCUT2D eigenvalue weighted by Crippen LogP contribution is -2.33. The highest BCUT2D eigenvalue weighted by molar-refractivity contribution is 8.00. The third-order valence-electron chi connectivity index (χ3n) is 2.39. The first-order valence-electron chi connectivity index (χ1n) is 5.82. The molecule has 2 N–H and O–H groups in total. The molecule has 0 amide bonds. The van der Waals surface area contributed by atoms with E-state index in [1.165, 1.54) is 0 Å². The SMILES string of the molecule is CC(C)Sc1cccc(Cl)c1CNC(C)C(=O)O. The van der Waals surface area contributed by atoms with Crippen molar-refractivity contribution in [3.05, 3.63) is 28.8 Å². The fourth-order valence-electron chi connectivity index (χ4n) is 1.42. The van der Waals surface area contributed by atoms with E-state index in [2.05, 4.69) is 19.2 Å². The first-order valence-corrected chi connectivity index (χ1v) is 7.07. The van der Waals surface area contributed by atoms with E-state index in [-0.39, 0.29) is 0 Å². The van der Waals surface area contributed by atoms with E-state index < -0.39 is 12.0 Å². The summed E-state index contributed by atoms with van der Waals surface area (Å²) in [4.78, 5) is 11.9. The average molecular weight is 288 g/mol. The summed E-state index contributed by atoms with van der Waals surface area (Å²) < 4.78 is 0. The fourth-order valence-corrected chi connectivity index (χ4v) is 2.70. The van der Waals surface area contributed by atoms with Crippen LogP contribution < -0.4 is 5.32 Å². The van der Waals surface area contributed by atoms with Crippen molar-refractivity contribution in [3.63, 3.8) is 0 Å². The van der Waals surface area contributed by atoms with Gasteiger partial charge in [-0.3, -0.25) is 4.79 Å². The number of thioether (sulfide) groups is 1. The van der Waals surface area contributed by atoms with Gasteiger partial charge in [0.15, 0.2) is 0 Å². The standard InChI is InChI=1S/C13H18ClNO2S/c1-8(2)18-12-6-4-5-11(14)10(12)7-15-9(3)13(16)17/h4-6,8-9,15H,7H2,1-3H3,(H,16,17). The summed E-state index contributed by atoms with van der Waals surface area (Å²) in [5.41, 5.74) is 0.964. The van der Waals surface area contributed by atoms with Crippen LogP contribution in [0.1, 0.15) is 26.3 Å². The predicted molar refractivity (Wildman–Crippen MR) is 76.4 cm³/mol. The van der Waals surface area contributed by atoms with E-state index in [0.717, 1.165) is 10.5 Å². The van der Waals surface area contributed by atoms with Gasteiger partial charge in [-0.15, -0.1) is 11.8 Å². The summed E-state index contributed by atoms with van der Waals surface area (Å²) in [6.07, 6.45) is 0. The van der Waals surface area contributed by atoms with Crippen LogP contribution in [0.5, 0.6) is 0 Å². The molecule has 0 fully saturated rings. The Morgan fingerprint density at radius 2 is 2.11 bits per heavy atom. The fraction of sp³-hybridized carbons (Fsp3) is 0.462. The molecule has 0 spiro atoms. The van der Waals surface area contributed by atoms with Crippen LogP contribution in [0.2, 0.25) is 5.02 Å². The summed E-state index contributed by atoms with van der Waals surface area (Å²) in [6.45, 7) is 6.31. The van der Waals surface area contributed by atoms with Gasteiger partial charge >= 0.3 is 5.97 Å². The number of halogens is 1. The van der Waals surface area contributed by atoms with Gasteiger partial charge < -0.3 is 10.4 Å². The monoisotopic (exact) mass is 287 g/mol. The van der Waals surface area contributed by atoms with Crippen molar-refractivity contribution in [2.24, 2.45) is 0 Å². The largest absolute Gasteiger partial charge is 0.480 e. The Morgan fingerprint density at radius 3 is 2.67 bits per heavy atom. The maximum absolute atomic E-state index is 10.8. The zero-order valence-electron chi connectivity index (χ0n) is 10.7. The van der Waals surface area contributed by atoms with Crippen LogP contribution in [-0.2, 0) is 11.3 Å². The minimum absolute atomic E-state index is 0.458. The number of aliphatic carboxylic acids is 1.